The lowest BCUT2D eigenvalue weighted by molar-refractivity contribution is -0.115. The second kappa shape index (κ2) is 10.2. The van der Waals surface area contributed by atoms with Crippen molar-refractivity contribution in [2.24, 2.45) is 5.10 Å². The maximum Gasteiger partial charge on any atom is 0.271 e. The molecule has 2 N–H and O–H groups in total. The number of amides is 2. The number of benzene rings is 3. The Hall–Kier alpha value is -3.93. The smallest absolute Gasteiger partial charge is 0.271 e. The number of nitrogens with zero attached hydrogens (tertiary/aromatic N) is 1. The van der Waals surface area contributed by atoms with E-state index in [1.54, 1.807) is 32.2 Å². The number of ether oxygens (including phenoxy) is 1. The van der Waals surface area contributed by atoms with Crippen LogP contribution in [-0.2, 0) is 4.79 Å². The molecule has 3 aromatic carbocycles. The van der Waals surface area contributed by atoms with Gasteiger partial charge in [-0.1, -0.05) is 48.5 Å². The van der Waals surface area contributed by atoms with E-state index in [-0.39, 0.29) is 18.2 Å². The molecule has 0 unspecified atom stereocenters. The van der Waals surface area contributed by atoms with Gasteiger partial charge in [-0.05, 0) is 54.8 Å². The first-order valence-electron chi connectivity index (χ1n) is 9.90. The number of carbonyl (C=O) groups is 2. The van der Waals surface area contributed by atoms with Crippen LogP contribution in [0.15, 0.2) is 77.9 Å². The molecule has 6 nitrogen and oxygen atoms in total. The molecule has 0 aliphatic heterocycles. The highest BCUT2D eigenvalue weighted by Gasteiger charge is 2.10. The summed E-state index contributed by atoms with van der Waals surface area (Å²) < 4.78 is 5.27. The average Bonchev–Trinajstić information content (AvgIpc) is 2.78. The fourth-order valence-corrected chi connectivity index (χ4v) is 3.04. The Morgan fingerprint density at radius 3 is 2.29 bits per heavy atom. The van der Waals surface area contributed by atoms with Gasteiger partial charge in [-0.15, -0.1) is 0 Å². The zero-order chi connectivity index (χ0) is 22.2. The Bertz CT molecular complexity index is 1090. The standard InChI is InChI=1S/C25H25N3O3/c1-17-9-14-23(31-3)22(15-17)26-24(29)16-18(2)27-28-25(30)21-12-10-20(11-13-21)19-7-5-4-6-8-19/h4-15H,16H2,1-3H3,(H,26,29)(H,28,30). The zero-order valence-electron chi connectivity index (χ0n) is 17.8. The summed E-state index contributed by atoms with van der Waals surface area (Å²) in [5.41, 5.74) is 7.20. The number of carbonyl (C=O) groups excluding carboxylic acids is 2. The quantitative estimate of drug-likeness (QED) is 0.429. The summed E-state index contributed by atoms with van der Waals surface area (Å²) in [5.74, 6) is 0.00660. The summed E-state index contributed by atoms with van der Waals surface area (Å²) in [5, 5.41) is 6.86. The first-order valence-corrected chi connectivity index (χ1v) is 9.90. The zero-order valence-corrected chi connectivity index (χ0v) is 17.8. The Kier molecular flexibility index (Phi) is 7.17. The highest BCUT2D eigenvalue weighted by molar-refractivity contribution is 6.06. The molecule has 0 aliphatic rings. The van der Waals surface area contributed by atoms with Crippen molar-refractivity contribution < 1.29 is 14.3 Å². The molecule has 0 atom stereocenters. The van der Waals surface area contributed by atoms with Gasteiger partial charge in [0.05, 0.1) is 19.2 Å². The van der Waals surface area contributed by atoms with Crippen LogP contribution >= 0.6 is 0 Å². The Morgan fingerprint density at radius 1 is 0.935 bits per heavy atom. The highest BCUT2D eigenvalue weighted by Crippen LogP contribution is 2.25. The molecule has 0 saturated heterocycles. The van der Waals surface area contributed by atoms with Crippen molar-refractivity contribution in [3.05, 3.63) is 83.9 Å². The SMILES string of the molecule is COc1ccc(C)cc1NC(=O)CC(C)=NNC(=O)c1ccc(-c2ccccc2)cc1. The number of hydrazone groups is 1. The van der Waals surface area contributed by atoms with E-state index >= 15 is 0 Å². The third-order valence-corrected chi connectivity index (χ3v) is 4.65. The number of methoxy groups -OCH3 is 1. The monoisotopic (exact) mass is 415 g/mol. The lowest BCUT2D eigenvalue weighted by Gasteiger charge is -2.11. The molecule has 6 heteroatoms. The van der Waals surface area contributed by atoms with Gasteiger partial charge in [-0.3, -0.25) is 9.59 Å². The topological polar surface area (TPSA) is 79.8 Å². The molecular formula is C25H25N3O3. The van der Waals surface area contributed by atoms with Gasteiger partial charge >= 0.3 is 0 Å². The predicted octanol–water partition coefficient (Wildman–Crippen LogP) is 4.81. The molecule has 2 amide bonds. The lowest BCUT2D eigenvalue weighted by Crippen LogP contribution is -2.21. The number of nitrogens with one attached hydrogen (secondary N) is 2. The number of aryl methyl sites for hydroxylation is 1. The van der Waals surface area contributed by atoms with Gasteiger partial charge < -0.3 is 10.1 Å². The molecule has 3 rings (SSSR count). The van der Waals surface area contributed by atoms with E-state index in [1.807, 2.05) is 61.5 Å². The largest absolute Gasteiger partial charge is 0.495 e. The van der Waals surface area contributed by atoms with E-state index in [9.17, 15) is 9.59 Å². The molecular weight excluding hydrogens is 390 g/mol. The van der Waals surface area contributed by atoms with Gasteiger partial charge in [0.2, 0.25) is 5.91 Å². The lowest BCUT2D eigenvalue weighted by atomic mass is 10.0. The van der Waals surface area contributed by atoms with Gasteiger partial charge in [0.1, 0.15) is 5.75 Å². The summed E-state index contributed by atoms with van der Waals surface area (Å²) in [6, 6.07) is 22.8. The minimum Gasteiger partial charge on any atom is -0.495 e. The minimum atomic E-state index is -0.334. The van der Waals surface area contributed by atoms with Crippen LogP contribution in [0.1, 0.15) is 29.3 Å². The van der Waals surface area contributed by atoms with Crippen LogP contribution in [0.5, 0.6) is 5.75 Å². The minimum absolute atomic E-state index is 0.0460. The number of hydrogen-bond donors (Lipinski definition) is 2. The summed E-state index contributed by atoms with van der Waals surface area (Å²) >= 11 is 0. The van der Waals surface area contributed by atoms with Crippen LogP contribution in [0.4, 0.5) is 5.69 Å². The van der Waals surface area contributed by atoms with Crippen molar-refractivity contribution in [2.75, 3.05) is 12.4 Å². The second-order valence-electron chi connectivity index (χ2n) is 7.16. The van der Waals surface area contributed by atoms with Gasteiger partial charge in [0.25, 0.3) is 5.91 Å². The first kappa shape index (κ1) is 21.8. The Labute approximate surface area is 182 Å². The molecule has 0 saturated carbocycles. The van der Waals surface area contributed by atoms with Crippen molar-refractivity contribution in [1.29, 1.82) is 0 Å². The second-order valence-corrected chi connectivity index (χ2v) is 7.16. The number of rotatable bonds is 7. The maximum atomic E-state index is 12.4. The van der Waals surface area contributed by atoms with E-state index in [0.717, 1.165) is 16.7 Å². The Balaban J connectivity index is 1.57. The van der Waals surface area contributed by atoms with Gasteiger partial charge in [-0.25, -0.2) is 5.43 Å². The summed E-state index contributed by atoms with van der Waals surface area (Å²) in [7, 11) is 1.55. The molecule has 0 aliphatic carbocycles. The van der Waals surface area contributed by atoms with Gasteiger partial charge in [-0.2, -0.15) is 5.10 Å². The third kappa shape index (κ3) is 6.02. The van der Waals surface area contributed by atoms with Crippen LogP contribution in [0.3, 0.4) is 0 Å². The molecule has 158 valence electrons. The molecule has 0 heterocycles. The maximum absolute atomic E-state index is 12.4. The van der Waals surface area contributed by atoms with E-state index in [2.05, 4.69) is 15.8 Å². The van der Waals surface area contributed by atoms with E-state index in [4.69, 9.17) is 4.74 Å². The van der Waals surface area contributed by atoms with E-state index in [0.29, 0.717) is 22.7 Å². The highest BCUT2D eigenvalue weighted by atomic mass is 16.5. The molecule has 0 radical (unpaired) electrons. The van der Waals surface area contributed by atoms with Crippen LogP contribution in [0, 0.1) is 6.92 Å². The molecule has 0 fully saturated rings. The van der Waals surface area contributed by atoms with E-state index in [1.165, 1.54) is 0 Å². The van der Waals surface area contributed by atoms with Crippen molar-refractivity contribution >= 4 is 23.2 Å². The molecule has 0 bridgehead atoms. The van der Waals surface area contributed by atoms with Crippen molar-refractivity contribution in [1.82, 2.24) is 5.43 Å². The molecule has 3 aromatic rings. The van der Waals surface area contributed by atoms with Crippen molar-refractivity contribution in [2.45, 2.75) is 20.3 Å². The summed E-state index contributed by atoms with van der Waals surface area (Å²) in [4.78, 5) is 24.7. The number of hydrogen-bond acceptors (Lipinski definition) is 4. The van der Waals surface area contributed by atoms with Crippen LogP contribution in [0.2, 0.25) is 0 Å². The van der Waals surface area contributed by atoms with Crippen molar-refractivity contribution in [3.8, 4) is 16.9 Å². The predicted molar refractivity (Wildman–Crippen MR) is 123 cm³/mol. The fourth-order valence-electron chi connectivity index (χ4n) is 3.04. The van der Waals surface area contributed by atoms with Crippen LogP contribution in [-0.4, -0.2) is 24.6 Å². The summed E-state index contributed by atoms with van der Waals surface area (Å²) in [6.45, 7) is 3.62. The van der Waals surface area contributed by atoms with E-state index < -0.39 is 0 Å². The van der Waals surface area contributed by atoms with Crippen LogP contribution < -0.4 is 15.5 Å². The molecule has 0 spiro atoms. The summed E-state index contributed by atoms with van der Waals surface area (Å²) in [6.07, 6.45) is 0.0460. The Morgan fingerprint density at radius 2 is 1.61 bits per heavy atom. The average molecular weight is 415 g/mol. The van der Waals surface area contributed by atoms with Gasteiger partial charge in [0.15, 0.2) is 0 Å². The molecule has 0 aromatic heterocycles. The van der Waals surface area contributed by atoms with Gasteiger partial charge in [0, 0.05) is 11.3 Å². The first-order chi connectivity index (χ1) is 15.0. The number of anilines is 1. The van der Waals surface area contributed by atoms with Crippen LogP contribution in [0.25, 0.3) is 11.1 Å². The fraction of sp³-hybridized carbons (Fsp3) is 0.160. The van der Waals surface area contributed by atoms with Crippen molar-refractivity contribution in [3.63, 3.8) is 0 Å². The molecule has 31 heavy (non-hydrogen) atoms. The normalized spacial score (nSPS) is 11.0. The third-order valence-electron chi connectivity index (χ3n) is 4.65.